The number of anilines is 1. The van der Waals surface area contributed by atoms with Crippen LogP contribution in [0.2, 0.25) is 5.02 Å². The zero-order chi connectivity index (χ0) is 17.7. The van der Waals surface area contributed by atoms with Crippen LogP contribution in [0.1, 0.15) is 23.2 Å². The Morgan fingerprint density at radius 1 is 1.50 bits per heavy atom. The van der Waals surface area contributed by atoms with Crippen LogP contribution in [0.3, 0.4) is 0 Å². The minimum atomic E-state index is -1.13. The molecule has 0 bridgehead atoms. The summed E-state index contributed by atoms with van der Waals surface area (Å²) in [5.41, 5.74) is 0.649. The highest BCUT2D eigenvalue weighted by Gasteiger charge is 2.25. The lowest BCUT2D eigenvalue weighted by Crippen LogP contribution is -2.40. The summed E-state index contributed by atoms with van der Waals surface area (Å²) in [6.07, 6.45) is 2.27. The molecule has 1 atom stereocenters. The lowest BCUT2D eigenvalue weighted by molar-refractivity contribution is -0.139. The number of carbonyl (C=O) groups excluding carboxylic acids is 2. The number of amides is 3. The van der Waals surface area contributed by atoms with E-state index in [1.54, 1.807) is 12.1 Å². The number of carbonyl (C=O) groups is 3. The molecule has 0 aromatic heterocycles. The molecule has 0 aliphatic carbocycles. The van der Waals surface area contributed by atoms with Crippen molar-refractivity contribution in [1.29, 1.82) is 0 Å². The molecule has 0 radical (unpaired) electrons. The quantitative estimate of drug-likeness (QED) is 0.654. The van der Waals surface area contributed by atoms with Crippen molar-refractivity contribution >= 4 is 35.2 Å². The second-order valence-corrected chi connectivity index (χ2v) is 5.69. The second-order valence-electron chi connectivity index (χ2n) is 5.28. The molecular formula is C16H18ClN3O4. The monoisotopic (exact) mass is 351 g/mol. The molecule has 1 aliphatic rings. The molecule has 1 aromatic carbocycles. The van der Waals surface area contributed by atoms with Gasteiger partial charge in [-0.2, -0.15) is 0 Å². The maximum atomic E-state index is 12.4. The van der Waals surface area contributed by atoms with E-state index in [1.807, 2.05) is 0 Å². The van der Waals surface area contributed by atoms with Gasteiger partial charge in [0.05, 0.1) is 10.6 Å². The Bertz CT molecular complexity index is 677. The van der Waals surface area contributed by atoms with Gasteiger partial charge in [-0.3, -0.25) is 9.69 Å². The minimum Gasteiger partial charge on any atom is -0.480 e. The highest BCUT2D eigenvalue weighted by Crippen LogP contribution is 2.24. The first-order valence-electron chi connectivity index (χ1n) is 7.43. The Morgan fingerprint density at radius 3 is 2.83 bits per heavy atom. The van der Waals surface area contributed by atoms with E-state index in [0.29, 0.717) is 25.2 Å². The predicted molar refractivity (Wildman–Crippen MR) is 90.5 cm³/mol. The zero-order valence-electron chi connectivity index (χ0n) is 12.9. The van der Waals surface area contributed by atoms with E-state index in [0.717, 1.165) is 0 Å². The van der Waals surface area contributed by atoms with E-state index >= 15 is 0 Å². The number of aliphatic carboxylic acids is 1. The maximum absolute atomic E-state index is 12.4. The number of carboxylic acid groups (broad SMARTS) is 1. The molecule has 128 valence electrons. The summed E-state index contributed by atoms with van der Waals surface area (Å²) in [4.78, 5) is 36.8. The molecule has 1 aliphatic heterocycles. The number of urea groups is 1. The number of benzene rings is 1. The molecule has 8 heteroatoms. The SMILES string of the molecule is C=CCCC(NC(=O)c1cc(N2CCNC2=O)ccc1Cl)C(=O)O. The fourth-order valence-electron chi connectivity index (χ4n) is 2.35. The van der Waals surface area contributed by atoms with Gasteiger partial charge in [0.1, 0.15) is 6.04 Å². The molecule has 7 nitrogen and oxygen atoms in total. The minimum absolute atomic E-state index is 0.124. The summed E-state index contributed by atoms with van der Waals surface area (Å²) in [5, 5.41) is 14.5. The summed E-state index contributed by atoms with van der Waals surface area (Å²) in [5.74, 6) is -1.73. The molecule has 3 N–H and O–H groups in total. The molecule has 1 aromatic rings. The summed E-state index contributed by atoms with van der Waals surface area (Å²) in [6.45, 7) is 4.54. The molecule has 24 heavy (non-hydrogen) atoms. The van der Waals surface area contributed by atoms with E-state index in [2.05, 4.69) is 17.2 Å². The number of allylic oxidation sites excluding steroid dienone is 1. The topological polar surface area (TPSA) is 98.7 Å². The van der Waals surface area contributed by atoms with Crippen LogP contribution in [0, 0.1) is 0 Å². The van der Waals surface area contributed by atoms with Crippen molar-refractivity contribution in [1.82, 2.24) is 10.6 Å². The van der Waals surface area contributed by atoms with Crippen LogP contribution < -0.4 is 15.5 Å². The predicted octanol–water partition coefficient (Wildman–Crippen LogP) is 2.02. The highest BCUT2D eigenvalue weighted by molar-refractivity contribution is 6.34. The highest BCUT2D eigenvalue weighted by atomic mass is 35.5. The standard InChI is InChI=1S/C16H18ClN3O4/c1-2-3-4-13(15(22)23)19-14(21)11-9-10(5-6-12(11)17)20-8-7-18-16(20)24/h2,5-6,9,13H,1,3-4,7-8H2,(H,18,24)(H,19,21)(H,22,23). The van der Waals surface area contributed by atoms with Crippen LogP contribution >= 0.6 is 11.6 Å². The van der Waals surface area contributed by atoms with Gasteiger partial charge < -0.3 is 15.7 Å². The third kappa shape index (κ3) is 4.05. The molecule has 1 fully saturated rings. The van der Waals surface area contributed by atoms with Gasteiger partial charge in [0.15, 0.2) is 0 Å². The third-order valence-corrected chi connectivity index (χ3v) is 3.96. The van der Waals surface area contributed by atoms with Crippen molar-refractivity contribution in [3.63, 3.8) is 0 Å². The van der Waals surface area contributed by atoms with Crippen LogP contribution in [0.15, 0.2) is 30.9 Å². The molecule has 1 unspecified atom stereocenters. The van der Waals surface area contributed by atoms with Gasteiger partial charge in [-0.15, -0.1) is 6.58 Å². The van der Waals surface area contributed by atoms with Crippen molar-refractivity contribution in [3.05, 3.63) is 41.4 Å². The number of halogens is 1. The molecule has 1 saturated heterocycles. The van der Waals surface area contributed by atoms with Crippen molar-refractivity contribution in [2.24, 2.45) is 0 Å². The van der Waals surface area contributed by atoms with E-state index in [9.17, 15) is 19.5 Å². The Hall–Kier alpha value is -2.54. The van der Waals surface area contributed by atoms with Crippen molar-refractivity contribution in [2.45, 2.75) is 18.9 Å². The zero-order valence-corrected chi connectivity index (χ0v) is 13.7. The molecule has 3 amide bonds. The lowest BCUT2D eigenvalue weighted by Gasteiger charge is -2.17. The van der Waals surface area contributed by atoms with Crippen molar-refractivity contribution < 1.29 is 19.5 Å². The summed E-state index contributed by atoms with van der Waals surface area (Å²) >= 11 is 6.06. The van der Waals surface area contributed by atoms with Crippen LogP contribution in [0.25, 0.3) is 0 Å². The smallest absolute Gasteiger partial charge is 0.326 e. The Labute approximate surface area is 144 Å². The van der Waals surface area contributed by atoms with Crippen molar-refractivity contribution in [3.8, 4) is 0 Å². The summed E-state index contributed by atoms with van der Waals surface area (Å²) in [6, 6.07) is 3.34. The summed E-state index contributed by atoms with van der Waals surface area (Å²) < 4.78 is 0. The fourth-order valence-corrected chi connectivity index (χ4v) is 2.55. The van der Waals surface area contributed by atoms with Crippen LogP contribution in [-0.2, 0) is 4.79 Å². The molecule has 1 heterocycles. The number of nitrogens with zero attached hydrogens (tertiary/aromatic N) is 1. The Balaban J connectivity index is 2.20. The fraction of sp³-hybridized carbons (Fsp3) is 0.312. The van der Waals surface area contributed by atoms with Gasteiger partial charge in [0.25, 0.3) is 5.91 Å². The number of nitrogens with one attached hydrogen (secondary N) is 2. The summed E-state index contributed by atoms with van der Waals surface area (Å²) in [7, 11) is 0. The number of carboxylic acids is 1. The van der Waals surface area contributed by atoms with Gasteiger partial charge >= 0.3 is 12.0 Å². The van der Waals surface area contributed by atoms with Crippen molar-refractivity contribution in [2.75, 3.05) is 18.0 Å². The second kappa shape index (κ2) is 7.83. The lowest BCUT2D eigenvalue weighted by atomic mass is 10.1. The Morgan fingerprint density at radius 2 is 2.25 bits per heavy atom. The number of hydrogen-bond acceptors (Lipinski definition) is 3. The first-order valence-corrected chi connectivity index (χ1v) is 7.81. The average molecular weight is 352 g/mol. The van der Waals surface area contributed by atoms with Gasteiger partial charge in [-0.1, -0.05) is 17.7 Å². The van der Waals surface area contributed by atoms with E-state index in [4.69, 9.17) is 11.6 Å². The first kappa shape index (κ1) is 17.8. The average Bonchev–Trinajstić information content (AvgIpc) is 2.97. The van der Waals surface area contributed by atoms with E-state index in [-0.39, 0.29) is 23.0 Å². The molecular weight excluding hydrogens is 334 g/mol. The van der Waals surface area contributed by atoms with Gasteiger partial charge in [0.2, 0.25) is 0 Å². The molecule has 0 saturated carbocycles. The first-order chi connectivity index (χ1) is 11.4. The van der Waals surface area contributed by atoms with Crippen LogP contribution in [-0.4, -0.2) is 42.1 Å². The normalized spacial score (nSPS) is 14.9. The molecule has 2 rings (SSSR count). The van der Waals surface area contributed by atoms with E-state index in [1.165, 1.54) is 17.0 Å². The largest absolute Gasteiger partial charge is 0.480 e. The van der Waals surface area contributed by atoms with Gasteiger partial charge in [-0.25, -0.2) is 9.59 Å². The Kier molecular flexibility index (Phi) is 5.81. The molecule has 0 spiro atoms. The number of hydrogen-bond donors (Lipinski definition) is 3. The maximum Gasteiger partial charge on any atom is 0.326 e. The van der Waals surface area contributed by atoms with Gasteiger partial charge in [-0.05, 0) is 31.0 Å². The number of rotatable bonds is 7. The third-order valence-electron chi connectivity index (χ3n) is 3.63. The van der Waals surface area contributed by atoms with Gasteiger partial charge in [0, 0.05) is 18.8 Å². The van der Waals surface area contributed by atoms with Crippen LogP contribution in [0.4, 0.5) is 10.5 Å². The van der Waals surface area contributed by atoms with E-state index < -0.39 is 17.9 Å². The van der Waals surface area contributed by atoms with Crippen LogP contribution in [0.5, 0.6) is 0 Å².